The van der Waals surface area contributed by atoms with Crippen LogP contribution in [-0.2, 0) is 10.0 Å². The van der Waals surface area contributed by atoms with Gasteiger partial charge in [0.25, 0.3) is 0 Å². The fourth-order valence-electron chi connectivity index (χ4n) is 1.79. The summed E-state index contributed by atoms with van der Waals surface area (Å²) in [5, 5.41) is 7.64. The molecular formula is C13H17FN4O3S. The molecule has 2 aromatic rings. The number of hydrogen-bond donors (Lipinski definition) is 1. The van der Waals surface area contributed by atoms with E-state index in [9.17, 15) is 12.8 Å². The van der Waals surface area contributed by atoms with Crippen molar-refractivity contribution in [3.63, 3.8) is 0 Å². The highest BCUT2D eigenvalue weighted by molar-refractivity contribution is 7.92. The maximum absolute atomic E-state index is 12.0. The van der Waals surface area contributed by atoms with Gasteiger partial charge in [-0.15, -0.1) is 5.10 Å². The molecular weight excluding hydrogens is 311 g/mol. The summed E-state index contributed by atoms with van der Waals surface area (Å²) in [6, 6.07) is 7.11. The maximum Gasteiger partial charge on any atom is 0.233 e. The summed E-state index contributed by atoms with van der Waals surface area (Å²) in [4.78, 5) is 0. The quantitative estimate of drug-likeness (QED) is 0.746. The molecule has 1 aromatic carbocycles. The minimum atomic E-state index is -3.55. The van der Waals surface area contributed by atoms with Gasteiger partial charge in [-0.05, 0) is 25.0 Å². The first kappa shape index (κ1) is 16.2. The van der Waals surface area contributed by atoms with Crippen LogP contribution in [-0.4, -0.2) is 42.9 Å². The van der Waals surface area contributed by atoms with Crippen molar-refractivity contribution in [2.45, 2.75) is 12.8 Å². The largest absolute Gasteiger partial charge is 0.497 e. The van der Waals surface area contributed by atoms with Crippen LogP contribution in [0.2, 0.25) is 0 Å². The molecule has 0 saturated heterocycles. The second kappa shape index (κ2) is 7.21. The molecule has 2 rings (SSSR count). The molecule has 0 aliphatic carbocycles. The number of anilines is 1. The number of unbranched alkanes of at least 4 members (excludes halogenated alkanes) is 1. The standard InChI is InChI=1S/C13H17FN4O3S/c1-21-12-6-4-5-11(9-12)18-10-13(15-17-18)16-22(19,20)8-3-2-7-14/h4-6,9-10,16H,2-3,7-8H2,1H3. The molecule has 0 aliphatic rings. The van der Waals surface area contributed by atoms with Gasteiger partial charge in [0.05, 0.1) is 31.4 Å². The molecule has 7 nitrogen and oxygen atoms in total. The van der Waals surface area contributed by atoms with E-state index >= 15 is 0 Å². The normalized spacial score (nSPS) is 11.4. The lowest BCUT2D eigenvalue weighted by atomic mass is 10.3. The molecule has 0 saturated carbocycles. The highest BCUT2D eigenvalue weighted by atomic mass is 32.2. The fourth-order valence-corrected chi connectivity index (χ4v) is 2.89. The molecule has 9 heteroatoms. The van der Waals surface area contributed by atoms with Crippen LogP contribution in [0.15, 0.2) is 30.5 Å². The number of alkyl halides is 1. The van der Waals surface area contributed by atoms with Gasteiger partial charge in [-0.1, -0.05) is 11.3 Å². The van der Waals surface area contributed by atoms with Crippen LogP contribution in [0.1, 0.15) is 12.8 Å². The van der Waals surface area contributed by atoms with Crippen LogP contribution in [0.25, 0.3) is 5.69 Å². The lowest BCUT2D eigenvalue weighted by molar-refractivity contribution is 0.414. The first-order valence-corrected chi connectivity index (χ1v) is 8.32. The Bertz CT molecular complexity index is 718. The van der Waals surface area contributed by atoms with Gasteiger partial charge in [0.1, 0.15) is 5.75 Å². The summed E-state index contributed by atoms with van der Waals surface area (Å²) in [6.45, 7) is -0.526. The van der Waals surface area contributed by atoms with Crippen molar-refractivity contribution in [2.75, 3.05) is 24.3 Å². The smallest absolute Gasteiger partial charge is 0.233 e. The molecule has 120 valence electrons. The topological polar surface area (TPSA) is 86.1 Å². The number of methoxy groups -OCH3 is 1. The Balaban J connectivity index is 2.08. The summed E-state index contributed by atoms with van der Waals surface area (Å²) in [5.41, 5.74) is 0.690. The zero-order valence-corrected chi connectivity index (χ0v) is 12.9. The average Bonchev–Trinajstić information content (AvgIpc) is 2.95. The SMILES string of the molecule is COc1cccc(-n2cc(NS(=O)(=O)CCCCF)nn2)c1. The van der Waals surface area contributed by atoms with Crippen LogP contribution in [0, 0.1) is 0 Å². The third kappa shape index (κ3) is 4.42. The Morgan fingerprint density at radius 2 is 2.18 bits per heavy atom. The van der Waals surface area contributed by atoms with Crippen LogP contribution >= 0.6 is 0 Å². The molecule has 0 aliphatic heterocycles. The van der Waals surface area contributed by atoms with E-state index in [0.29, 0.717) is 11.4 Å². The van der Waals surface area contributed by atoms with E-state index in [1.54, 1.807) is 31.4 Å². The fraction of sp³-hybridized carbons (Fsp3) is 0.385. The van der Waals surface area contributed by atoms with Crippen LogP contribution in [0.4, 0.5) is 10.2 Å². The zero-order valence-electron chi connectivity index (χ0n) is 12.1. The predicted molar refractivity (Wildman–Crippen MR) is 80.5 cm³/mol. The number of nitrogens with zero attached hydrogens (tertiary/aromatic N) is 3. The molecule has 0 fully saturated rings. The molecule has 0 amide bonds. The minimum absolute atomic E-state index is 0.114. The van der Waals surface area contributed by atoms with E-state index in [1.807, 2.05) is 0 Å². The van der Waals surface area contributed by atoms with Gasteiger partial charge in [0, 0.05) is 6.07 Å². The maximum atomic E-state index is 12.0. The number of halogens is 1. The van der Waals surface area contributed by atoms with Crippen molar-refractivity contribution in [3.05, 3.63) is 30.5 Å². The Kier molecular flexibility index (Phi) is 5.31. The third-order valence-electron chi connectivity index (χ3n) is 2.87. The lowest BCUT2D eigenvalue weighted by Crippen LogP contribution is -2.17. The molecule has 0 bridgehead atoms. The van der Waals surface area contributed by atoms with E-state index in [2.05, 4.69) is 15.0 Å². The van der Waals surface area contributed by atoms with Crippen molar-refractivity contribution in [1.29, 1.82) is 0 Å². The Labute approximate surface area is 128 Å². The van der Waals surface area contributed by atoms with Crippen molar-refractivity contribution in [3.8, 4) is 11.4 Å². The summed E-state index contributed by atoms with van der Waals surface area (Å²) >= 11 is 0. The van der Waals surface area contributed by atoms with E-state index in [0.717, 1.165) is 0 Å². The molecule has 1 N–H and O–H groups in total. The van der Waals surface area contributed by atoms with Crippen molar-refractivity contribution in [2.24, 2.45) is 0 Å². The van der Waals surface area contributed by atoms with Crippen molar-refractivity contribution < 1.29 is 17.5 Å². The van der Waals surface area contributed by atoms with Crippen LogP contribution in [0.5, 0.6) is 5.75 Å². The molecule has 0 radical (unpaired) electrons. The van der Waals surface area contributed by atoms with E-state index in [-0.39, 0.29) is 24.4 Å². The first-order valence-electron chi connectivity index (χ1n) is 6.67. The second-order valence-electron chi connectivity index (χ2n) is 4.57. The Morgan fingerprint density at radius 1 is 1.36 bits per heavy atom. The predicted octanol–water partition coefficient (Wildman–Crippen LogP) is 1.77. The number of benzene rings is 1. The molecule has 1 heterocycles. The Hall–Kier alpha value is -2.16. The van der Waals surface area contributed by atoms with Crippen LogP contribution in [0.3, 0.4) is 0 Å². The number of ether oxygens (including phenoxy) is 1. The van der Waals surface area contributed by atoms with Gasteiger partial charge in [0.15, 0.2) is 5.82 Å². The molecule has 0 atom stereocenters. The van der Waals surface area contributed by atoms with Gasteiger partial charge in [-0.3, -0.25) is 9.11 Å². The summed E-state index contributed by atoms with van der Waals surface area (Å²) in [6.07, 6.45) is 1.94. The number of aromatic nitrogens is 3. The number of nitrogens with one attached hydrogen (secondary N) is 1. The van der Waals surface area contributed by atoms with Gasteiger partial charge in [-0.25, -0.2) is 13.1 Å². The molecule has 0 spiro atoms. The number of hydrogen-bond acceptors (Lipinski definition) is 5. The first-order chi connectivity index (χ1) is 10.5. The van der Waals surface area contributed by atoms with Gasteiger partial charge in [-0.2, -0.15) is 0 Å². The number of sulfonamides is 1. The lowest BCUT2D eigenvalue weighted by Gasteiger charge is -2.04. The summed E-state index contributed by atoms with van der Waals surface area (Å²) in [5.74, 6) is 0.618. The van der Waals surface area contributed by atoms with Crippen molar-refractivity contribution in [1.82, 2.24) is 15.0 Å². The van der Waals surface area contributed by atoms with E-state index in [1.165, 1.54) is 10.9 Å². The van der Waals surface area contributed by atoms with Gasteiger partial charge < -0.3 is 4.74 Å². The summed E-state index contributed by atoms with van der Waals surface area (Å²) in [7, 11) is -1.99. The van der Waals surface area contributed by atoms with Crippen LogP contribution < -0.4 is 9.46 Å². The highest BCUT2D eigenvalue weighted by Crippen LogP contribution is 2.17. The van der Waals surface area contributed by atoms with E-state index < -0.39 is 16.7 Å². The second-order valence-corrected chi connectivity index (χ2v) is 6.41. The Morgan fingerprint density at radius 3 is 2.91 bits per heavy atom. The highest BCUT2D eigenvalue weighted by Gasteiger charge is 2.13. The zero-order chi connectivity index (χ0) is 16.0. The molecule has 22 heavy (non-hydrogen) atoms. The average molecular weight is 328 g/mol. The third-order valence-corrected chi connectivity index (χ3v) is 4.21. The molecule has 0 unspecified atom stereocenters. The minimum Gasteiger partial charge on any atom is -0.497 e. The van der Waals surface area contributed by atoms with Crippen molar-refractivity contribution >= 4 is 15.8 Å². The van der Waals surface area contributed by atoms with Gasteiger partial charge >= 0.3 is 0 Å². The monoisotopic (exact) mass is 328 g/mol. The van der Waals surface area contributed by atoms with E-state index in [4.69, 9.17) is 4.74 Å². The molecule has 1 aromatic heterocycles. The van der Waals surface area contributed by atoms with Gasteiger partial charge in [0.2, 0.25) is 10.0 Å². The summed E-state index contributed by atoms with van der Waals surface area (Å²) < 4.78 is 44.4. The number of rotatable bonds is 8.